The lowest BCUT2D eigenvalue weighted by Crippen LogP contribution is -2.43. The first kappa shape index (κ1) is 22.5. The summed E-state index contributed by atoms with van der Waals surface area (Å²) in [6.07, 6.45) is 2.25. The molecule has 11 heteroatoms. The zero-order valence-electron chi connectivity index (χ0n) is 17.4. The van der Waals surface area contributed by atoms with E-state index in [0.29, 0.717) is 24.2 Å². The second-order valence-corrected chi connectivity index (χ2v) is 9.08. The molecule has 1 atom stereocenters. The Bertz CT molecular complexity index is 1110. The van der Waals surface area contributed by atoms with Gasteiger partial charge in [-0.15, -0.1) is 0 Å². The number of sulfonamides is 1. The van der Waals surface area contributed by atoms with Crippen molar-refractivity contribution >= 4 is 39.2 Å². The van der Waals surface area contributed by atoms with Crippen LogP contribution in [0, 0.1) is 0 Å². The summed E-state index contributed by atoms with van der Waals surface area (Å²) in [5.74, 6) is -1.31. The summed E-state index contributed by atoms with van der Waals surface area (Å²) < 4.78 is 33.5. The second kappa shape index (κ2) is 8.90. The highest BCUT2D eigenvalue weighted by molar-refractivity contribution is 7.89. The number of hydrogen-bond acceptors (Lipinski definition) is 6. The number of ether oxygens (including phenoxy) is 1. The third-order valence-electron chi connectivity index (χ3n) is 4.96. The Labute approximate surface area is 180 Å². The van der Waals surface area contributed by atoms with E-state index in [0.717, 1.165) is 4.31 Å². The maximum absolute atomic E-state index is 13.2. The Balaban J connectivity index is 1.77. The van der Waals surface area contributed by atoms with E-state index >= 15 is 0 Å². The minimum absolute atomic E-state index is 0.0743. The summed E-state index contributed by atoms with van der Waals surface area (Å²) in [6.45, 7) is 1.59. The average Bonchev–Trinajstić information content (AvgIpc) is 3.36. The van der Waals surface area contributed by atoms with Gasteiger partial charge in [-0.1, -0.05) is 0 Å². The smallest absolute Gasteiger partial charge is 0.354 e. The van der Waals surface area contributed by atoms with Crippen molar-refractivity contribution in [2.45, 2.75) is 30.7 Å². The van der Waals surface area contributed by atoms with Crippen molar-refractivity contribution in [1.82, 2.24) is 8.87 Å². The quantitative estimate of drug-likeness (QED) is 0.646. The fourth-order valence-corrected chi connectivity index (χ4v) is 5.20. The van der Waals surface area contributed by atoms with Gasteiger partial charge in [0.05, 0.1) is 7.11 Å². The number of methoxy groups -OCH3 is 1. The summed E-state index contributed by atoms with van der Waals surface area (Å²) in [5, 5.41) is 5.35. The van der Waals surface area contributed by atoms with E-state index in [-0.39, 0.29) is 23.0 Å². The molecule has 0 spiro atoms. The van der Waals surface area contributed by atoms with Gasteiger partial charge in [0.2, 0.25) is 21.8 Å². The zero-order chi connectivity index (χ0) is 22.8. The highest BCUT2D eigenvalue weighted by Crippen LogP contribution is 2.28. The normalized spacial score (nSPS) is 16.7. The molecule has 3 rings (SSSR count). The second-order valence-electron chi connectivity index (χ2n) is 7.19. The summed E-state index contributed by atoms with van der Waals surface area (Å²) in [5.41, 5.74) is 1.16. The molecule has 2 N–H and O–H groups in total. The van der Waals surface area contributed by atoms with Crippen LogP contribution in [-0.4, -0.2) is 54.8 Å². The first-order valence-electron chi connectivity index (χ1n) is 9.58. The Hall–Kier alpha value is -3.18. The van der Waals surface area contributed by atoms with Crippen molar-refractivity contribution in [2.24, 2.45) is 7.05 Å². The summed E-state index contributed by atoms with van der Waals surface area (Å²) in [7, 11) is -1.23. The molecule has 0 saturated carbocycles. The predicted molar refractivity (Wildman–Crippen MR) is 113 cm³/mol. The zero-order valence-corrected chi connectivity index (χ0v) is 18.2. The third-order valence-corrected chi connectivity index (χ3v) is 6.83. The number of aryl methyl sites for hydroxylation is 1. The van der Waals surface area contributed by atoms with Gasteiger partial charge in [-0.2, -0.15) is 4.31 Å². The van der Waals surface area contributed by atoms with Crippen LogP contribution in [0.15, 0.2) is 41.4 Å². The van der Waals surface area contributed by atoms with Crippen molar-refractivity contribution in [1.29, 1.82) is 0 Å². The number of anilines is 2. The van der Waals surface area contributed by atoms with E-state index in [1.165, 1.54) is 30.9 Å². The van der Waals surface area contributed by atoms with Crippen molar-refractivity contribution in [3.05, 3.63) is 42.2 Å². The molecule has 2 aromatic rings. The van der Waals surface area contributed by atoms with Crippen LogP contribution in [-0.2, 0) is 31.4 Å². The third kappa shape index (κ3) is 4.78. The first-order valence-corrected chi connectivity index (χ1v) is 11.0. The van der Waals surface area contributed by atoms with Gasteiger partial charge in [0.25, 0.3) is 0 Å². The monoisotopic (exact) mass is 448 g/mol. The molecular formula is C20H24N4O6S. The standard InChI is InChI=1S/C20H24N4O6S/c1-13(25)21-14-6-8-15(9-7-14)22-19(26)17-5-4-10-24(17)31(28,29)16-11-18(20(27)30-3)23(2)12-16/h6-9,11-12,17H,4-5,10H2,1-3H3,(H,21,25)(H,22,26). The molecule has 0 bridgehead atoms. The summed E-state index contributed by atoms with van der Waals surface area (Å²) in [6, 6.07) is 6.89. The van der Waals surface area contributed by atoms with Crippen molar-refractivity contribution in [2.75, 3.05) is 24.3 Å². The van der Waals surface area contributed by atoms with Gasteiger partial charge >= 0.3 is 5.97 Å². The highest BCUT2D eigenvalue weighted by atomic mass is 32.2. The van der Waals surface area contributed by atoms with Crippen LogP contribution in [0.1, 0.15) is 30.3 Å². The minimum atomic E-state index is -3.99. The minimum Gasteiger partial charge on any atom is -0.464 e. The van der Waals surface area contributed by atoms with Gasteiger partial charge in [0, 0.05) is 38.1 Å². The molecule has 1 unspecified atom stereocenters. The fourth-order valence-electron chi connectivity index (χ4n) is 3.47. The van der Waals surface area contributed by atoms with Crippen LogP contribution < -0.4 is 10.6 Å². The molecule has 0 radical (unpaired) electrons. The number of benzene rings is 1. The lowest BCUT2D eigenvalue weighted by atomic mass is 10.2. The van der Waals surface area contributed by atoms with Crippen molar-refractivity contribution in [3.63, 3.8) is 0 Å². The fraction of sp³-hybridized carbons (Fsp3) is 0.350. The van der Waals surface area contributed by atoms with Gasteiger partial charge in [0.1, 0.15) is 16.6 Å². The molecule has 1 aromatic heterocycles. The lowest BCUT2D eigenvalue weighted by molar-refractivity contribution is -0.119. The van der Waals surface area contributed by atoms with E-state index < -0.39 is 27.9 Å². The number of nitrogens with one attached hydrogen (secondary N) is 2. The number of carbonyl (C=O) groups is 3. The molecule has 1 aliphatic rings. The molecule has 31 heavy (non-hydrogen) atoms. The van der Waals surface area contributed by atoms with E-state index in [2.05, 4.69) is 15.4 Å². The van der Waals surface area contributed by atoms with Gasteiger partial charge in [-0.05, 0) is 43.2 Å². The first-order chi connectivity index (χ1) is 14.6. The summed E-state index contributed by atoms with van der Waals surface area (Å²) >= 11 is 0. The Morgan fingerprint density at radius 2 is 1.71 bits per heavy atom. The van der Waals surface area contributed by atoms with Crippen LogP contribution in [0.2, 0.25) is 0 Å². The molecule has 10 nitrogen and oxygen atoms in total. The molecule has 0 aliphatic carbocycles. The maximum atomic E-state index is 13.2. The van der Waals surface area contributed by atoms with Gasteiger partial charge < -0.3 is 19.9 Å². The maximum Gasteiger partial charge on any atom is 0.354 e. The van der Waals surface area contributed by atoms with E-state index in [1.807, 2.05) is 0 Å². The number of rotatable bonds is 6. The van der Waals surface area contributed by atoms with E-state index in [4.69, 9.17) is 0 Å². The molecule has 1 aromatic carbocycles. The van der Waals surface area contributed by atoms with Crippen LogP contribution in [0.5, 0.6) is 0 Å². The van der Waals surface area contributed by atoms with E-state index in [9.17, 15) is 22.8 Å². The molecule has 1 saturated heterocycles. The van der Waals surface area contributed by atoms with Gasteiger partial charge in [0.15, 0.2) is 0 Å². The highest BCUT2D eigenvalue weighted by Gasteiger charge is 2.40. The van der Waals surface area contributed by atoms with Crippen LogP contribution in [0.4, 0.5) is 11.4 Å². The topological polar surface area (TPSA) is 127 Å². The lowest BCUT2D eigenvalue weighted by Gasteiger charge is -2.23. The van der Waals surface area contributed by atoms with Crippen LogP contribution in [0.25, 0.3) is 0 Å². The average molecular weight is 449 g/mol. The van der Waals surface area contributed by atoms with Crippen LogP contribution >= 0.6 is 0 Å². The van der Waals surface area contributed by atoms with Crippen molar-refractivity contribution in [3.8, 4) is 0 Å². The molecule has 1 fully saturated rings. The number of carbonyl (C=O) groups excluding carboxylic acids is 3. The Kier molecular flexibility index (Phi) is 6.46. The van der Waals surface area contributed by atoms with Gasteiger partial charge in [-0.3, -0.25) is 9.59 Å². The predicted octanol–water partition coefficient (Wildman–Crippen LogP) is 1.56. The number of nitrogens with zero attached hydrogens (tertiary/aromatic N) is 2. The molecule has 2 heterocycles. The Morgan fingerprint density at radius 1 is 1.10 bits per heavy atom. The van der Waals surface area contributed by atoms with Crippen LogP contribution in [0.3, 0.4) is 0 Å². The summed E-state index contributed by atoms with van der Waals surface area (Å²) in [4.78, 5) is 35.7. The molecule has 166 valence electrons. The molecule has 2 amide bonds. The molecular weight excluding hydrogens is 424 g/mol. The number of aromatic nitrogens is 1. The number of hydrogen-bond donors (Lipinski definition) is 2. The SMILES string of the molecule is COC(=O)c1cc(S(=O)(=O)N2CCCC2C(=O)Nc2ccc(NC(C)=O)cc2)cn1C. The molecule has 1 aliphatic heterocycles. The largest absolute Gasteiger partial charge is 0.464 e. The number of amides is 2. The van der Waals surface area contributed by atoms with Crippen molar-refractivity contribution < 1.29 is 27.5 Å². The number of esters is 1. The van der Waals surface area contributed by atoms with Gasteiger partial charge in [-0.25, -0.2) is 13.2 Å². The Morgan fingerprint density at radius 3 is 2.29 bits per heavy atom. The van der Waals surface area contributed by atoms with E-state index in [1.54, 1.807) is 31.3 Å².